The fraction of sp³-hybridized carbons (Fsp3) is 0.286. The third-order valence-corrected chi connectivity index (χ3v) is 7.74. The van der Waals surface area contributed by atoms with Crippen LogP contribution in [0.15, 0.2) is 83.8 Å². The van der Waals surface area contributed by atoms with Gasteiger partial charge in [0.25, 0.3) is 10.0 Å². The molecule has 0 saturated heterocycles. The van der Waals surface area contributed by atoms with Crippen LogP contribution in [0.2, 0.25) is 0 Å². The first-order chi connectivity index (χ1) is 18.2. The first-order valence-corrected chi connectivity index (χ1v) is 13.7. The molecule has 202 valence electrons. The minimum absolute atomic E-state index is 0.00785. The van der Waals surface area contributed by atoms with Crippen LogP contribution in [-0.4, -0.2) is 51.4 Å². The van der Waals surface area contributed by atoms with Gasteiger partial charge in [-0.2, -0.15) is 0 Å². The molecule has 0 heterocycles. The van der Waals surface area contributed by atoms with Crippen molar-refractivity contribution in [3.05, 3.63) is 90.2 Å². The van der Waals surface area contributed by atoms with Crippen molar-refractivity contribution < 1.29 is 27.1 Å². The molecule has 3 rings (SSSR count). The Morgan fingerprint density at radius 1 is 0.974 bits per heavy atom. The Balaban J connectivity index is 2.06. The standard InChI is InChI=1S/C28H32FN3O5S/c1-4-26(28(34)30-5-2)31(19-21-14-16-22(29)17-15-21)27(33)20-32(23-10-9-11-24(18-23)37-3)38(35,36)25-12-7-6-8-13-25/h6-18,26H,4-5,19-20H2,1-3H3,(H,30,34)/t26-/m0/s1. The number of carbonyl (C=O) groups is 2. The van der Waals surface area contributed by atoms with Crippen molar-refractivity contribution >= 4 is 27.5 Å². The molecular weight excluding hydrogens is 509 g/mol. The van der Waals surface area contributed by atoms with Gasteiger partial charge in [-0.05, 0) is 55.3 Å². The van der Waals surface area contributed by atoms with Crippen LogP contribution in [-0.2, 0) is 26.2 Å². The lowest BCUT2D eigenvalue weighted by Gasteiger charge is -2.33. The molecule has 3 aromatic carbocycles. The van der Waals surface area contributed by atoms with Crippen molar-refractivity contribution in [2.24, 2.45) is 0 Å². The molecule has 10 heteroatoms. The molecule has 2 amide bonds. The molecule has 0 bridgehead atoms. The van der Waals surface area contributed by atoms with Crippen molar-refractivity contribution in [1.82, 2.24) is 10.2 Å². The van der Waals surface area contributed by atoms with E-state index in [0.717, 1.165) is 4.31 Å². The third-order valence-electron chi connectivity index (χ3n) is 5.95. The zero-order valence-electron chi connectivity index (χ0n) is 21.6. The maximum atomic E-state index is 13.9. The highest BCUT2D eigenvalue weighted by atomic mass is 32.2. The average molecular weight is 542 g/mol. The van der Waals surface area contributed by atoms with Gasteiger partial charge < -0.3 is 15.0 Å². The number of anilines is 1. The van der Waals surface area contributed by atoms with Crippen molar-refractivity contribution in [3.8, 4) is 5.75 Å². The van der Waals surface area contributed by atoms with Gasteiger partial charge in [-0.3, -0.25) is 13.9 Å². The average Bonchev–Trinajstić information content (AvgIpc) is 2.93. The zero-order chi connectivity index (χ0) is 27.7. The van der Waals surface area contributed by atoms with E-state index >= 15 is 0 Å². The van der Waals surface area contributed by atoms with Gasteiger partial charge in [0.1, 0.15) is 24.2 Å². The summed E-state index contributed by atoms with van der Waals surface area (Å²) in [4.78, 5) is 28.1. The minimum atomic E-state index is -4.17. The molecule has 0 aromatic heterocycles. The number of halogens is 1. The number of rotatable bonds is 12. The Morgan fingerprint density at radius 3 is 2.26 bits per heavy atom. The van der Waals surface area contributed by atoms with E-state index in [1.54, 1.807) is 50.2 Å². The van der Waals surface area contributed by atoms with Gasteiger partial charge in [0.05, 0.1) is 17.7 Å². The normalized spacial score (nSPS) is 11.9. The fourth-order valence-corrected chi connectivity index (χ4v) is 5.44. The summed E-state index contributed by atoms with van der Waals surface area (Å²) >= 11 is 0. The Labute approximate surface area is 223 Å². The SMILES string of the molecule is CCNC(=O)[C@H](CC)N(Cc1ccc(F)cc1)C(=O)CN(c1cccc(OC)c1)S(=O)(=O)c1ccccc1. The minimum Gasteiger partial charge on any atom is -0.497 e. The molecule has 0 aliphatic rings. The first kappa shape index (κ1) is 28.6. The van der Waals surface area contributed by atoms with Crippen LogP contribution in [0, 0.1) is 5.82 Å². The van der Waals surface area contributed by atoms with Crippen molar-refractivity contribution in [2.45, 2.75) is 37.8 Å². The van der Waals surface area contributed by atoms with Crippen LogP contribution < -0.4 is 14.4 Å². The number of methoxy groups -OCH3 is 1. The highest BCUT2D eigenvalue weighted by Crippen LogP contribution is 2.27. The molecule has 0 aliphatic heterocycles. The number of hydrogen-bond acceptors (Lipinski definition) is 5. The number of amides is 2. The summed E-state index contributed by atoms with van der Waals surface area (Å²) in [5.74, 6) is -0.959. The van der Waals surface area contributed by atoms with Gasteiger partial charge in [0, 0.05) is 19.2 Å². The van der Waals surface area contributed by atoms with E-state index in [-0.39, 0.29) is 23.0 Å². The number of benzene rings is 3. The summed E-state index contributed by atoms with van der Waals surface area (Å²) in [6, 6.07) is 18.9. The molecule has 0 saturated carbocycles. The van der Waals surface area contributed by atoms with E-state index in [2.05, 4.69) is 5.32 Å². The van der Waals surface area contributed by atoms with E-state index in [1.165, 1.54) is 54.5 Å². The summed E-state index contributed by atoms with van der Waals surface area (Å²) in [6.45, 7) is 3.33. The Morgan fingerprint density at radius 2 is 1.66 bits per heavy atom. The maximum Gasteiger partial charge on any atom is 0.264 e. The van der Waals surface area contributed by atoms with Crippen LogP contribution in [0.3, 0.4) is 0 Å². The van der Waals surface area contributed by atoms with E-state index in [9.17, 15) is 22.4 Å². The molecule has 0 aliphatic carbocycles. The van der Waals surface area contributed by atoms with E-state index < -0.39 is 34.3 Å². The van der Waals surface area contributed by atoms with Gasteiger partial charge in [0.2, 0.25) is 11.8 Å². The lowest BCUT2D eigenvalue weighted by atomic mass is 10.1. The number of sulfonamides is 1. The van der Waals surface area contributed by atoms with Crippen LogP contribution in [0.1, 0.15) is 25.8 Å². The molecule has 0 spiro atoms. The summed E-state index contributed by atoms with van der Waals surface area (Å²) in [6.07, 6.45) is 0.295. The number of likely N-dealkylation sites (N-methyl/N-ethyl adjacent to an activating group) is 1. The smallest absolute Gasteiger partial charge is 0.264 e. The van der Waals surface area contributed by atoms with E-state index in [0.29, 0.717) is 24.3 Å². The molecule has 0 fully saturated rings. The third kappa shape index (κ3) is 6.89. The summed E-state index contributed by atoms with van der Waals surface area (Å²) in [5.41, 5.74) is 0.829. The Hall–Kier alpha value is -3.92. The van der Waals surface area contributed by atoms with Crippen molar-refractivity contribution in [3.63, 3.8) is 0 Å². The van der Waals surface area contributed by atoms with Crippen molar-refractivity contribution in [1.29, 1.82) is 0 Å². The molecule has 0 radical (unpaired) electrons. The van der Waals surface area contributed by atoms with Gasteiger partial charge in [0.15, 0.2) is 0 Å². The van der Waals surface area contributed by atoms with Crippen molar-refractivity contribution in [2.75, 3.05) is 24.5 Å². The molecule has 38 heavy (non-hydrogen) atoms. The predicted octanol–water partition coefficient (Wildman–Crippen LogP) is 3.97. The highest BCUT2D eigenvalue weighted by molar-refractivity contribution is 7.92. The number of nitrogens with one attached hydrogen (secondary N) is 1. The summed E-state index contributed by atoms with van der Waals surface area (Å²) in [5, 5.41) is 2.74. The Kier molecular flexibility index (Phi) is 9.84. The van der Waals surface area contributed by atoms with Crippen LogP contribution >= 0.6 is 0 Å². The quantitative estimate of drug-likeness (QED) is 0.374. The monoisotopic (exact) mass is 541 g/mol. The van der Waals surface area contributed by atoms with Gasteiger partial charge in [-0.25, -0.2) is 12.8 Å². The highest BCUT2D eigenvalue weighted by Gasteiger charge is 2.33. The number of ether oxygens (including phenoxy) is 1. The molecule has 8 nitrogen and oxygen atoms in total. The molecule has 1 N–H and O–H groups in total. The van der Waals surface area contributed by atoms with Crippen LogP contribution in [0.4, 0.5) is 10.1 Å². The second-order valence-electron chi connectivity index (χ2n) is 8.49. The zero-order valence-corrected chi connectivity index (χ0v) is 22.4. The number of hydrogen-bond donors (Lipinski definition) is 1. The van der Waals surface area contributed by atoms with E-state index in [4.69, 9.17) is 4.74 Å². The van der Waals surface area contributed by atoms with Gasteiger partial charge >= 0.3 is 0 Å². The summed E-state index contributed by atoms with van der Waals surface area (Å²) in [7, 11) is -2.71. The second kappa shape index (κ2) is 13.0. The molecule has 0 unspecified atom stereocenters. The lowest BCUT2D eigenvalue weighted by Crippen LogP contribution is -2.52. The van der Waals surface area contributed by atoms with Crippen LogP contribution in [0.25, 0.3) is 0 Å². The number of carbonyl (C=O) groups excluding carboxylic acids is 2. The Bertz CT molecular complexity index is 1330. The predicted molar refractivity (Wildman–Crippen MR) is 144 cm³/mol. The molecule has 1 atom stereocenters. The van der Waals surface area contributed by atoms with E-state index in [1.807, 2.05) is 0 Å². The summed E-state index contributed by atoms with van der Waals surface area (Å²) < 4.78 is 47.3. The topological polar surface area (TPSA) is 96.0 Å². The largest absolute Gasteiger partial charge is 0.497 e. The van der Waals surface area contributed by atoms with Gasteiger partial charge in [-0.15, -0.1) is 0 Å². The molecular formula is C28H32FN3O5S. The maximum absolute atomic E-state index is 13.9. The fourth-order valence-electron chi connectivity index (χ4n) is 4.01. The lowest BCUT2D eigenvalue weighted by molar-refractivity contribution is -0.140. The second-order valence-corrected chi connectivity index (χ2v) is 10.4. The first-order valence-electron chi connectivity index (χ1n) is 12.2. The van der Waals surface area contributed by atoms with Crippen LogP contribution in [0.5, 0.6) is 5.75 Å². The van der Waals surface area contributed by atoms with Gasteiger partial charge in [-0.1, -0.05) is 43.3 Å². The number of nitrogens with zero attached hydrogens (tertiary/aromatic N) is 2. The molecule has 3 aromatic rings.